The molecule has 4 heteroatoms. The highest BCUT2D eigenvalue weighted by Gasteiger charge is 2.14. The highest BCUT2D eigenvalue weighted by atomic mass is 15.2. The summed E-state index contributed by atoms with van der Waals surface area (Å²) < 4.78 is 0. The second kappa shape index (κ2) is 5.22. The van der Waals surface area contributed by atoms with Gasteiger partial charge < -0.3 is 4.98 Å². The van der Waals surface area contributed by atoms with E-state index in [-0.39, 0.29) is 6.04 Å². The van der Waals surface area contributed by atoms with Crippen molar-refractivity contribution < 1.29 is 0 Å². The lowest BCUT2D eigenvalue weighted by molar-refractivity contribution is 0.529. The Morgan fingerprint density at radius 3 is 2.79 bits per heavy atom. The summed E-state index contributed by atoms with van der Waals surface area (Å²) >= 11 is 0. The lowest BCUT2D eigenvalue weighted by atomic mass is 9.99. The summed E-state index contributed by atoms with van der Waals surface area (Å²) in [6.07, 6.45) is 4.34. The van der Waals surface area contributed by atoms with Crippen LogP contribution < -0.4 is 11.3 Å². The largest absolute Gasteiger partial charge is 0.347 e. The molecule has 0 radical (unpaired) electrons. The summed E-state index contributed by atoms with van der Waals surface area (Å²) in [6, 6.07) is 14.7. The first kappa shape index (κ1) is 11.9. The number of benzene rings is 2. The molecule has 0 spiro atoms. The fraction of sp³-hybridized carbons (Fsp3) is 0.133. The van der Waals surface area contributed by atoms with Crippen molar-refractivity contribution in [1.29, 1.82) is 0 Å². The second-order valence-electron chi connectivity index (χ2n) is 4.54. The van der Waals surface area contributed by atoms with Gasteiger partial charge in [0.2, 0.25) is 0 Å². The lowest BCUT2D eigenvalue weighted by Crippen LogP contribution is -2.30. The number of nitrogens with two attached hydrogens (primary N) is 1. The summed E-state index contributed by atoms with van der Waals surface area (Å²) in [4.78, 5) is 7.37. The van der Waals surface area contributed by atoms with Crippen molar-refractivity contribution in [2.45, 2.75) is 12.5 Å². The van der Waals surface area contributed by atoms with Crippen molar-refractivity contribution in [2.24, 2.45) is 5.84 Å². The predicted molar refractivity (Wildman–Crippen MR) is 76.3 cm³/mol. The van der Waals surface area contributed by atoms with Crippen LogP contribution in [-0.4, -0.2) is 9.97 Å². The van der Waals surface area contributed by atoms with Crippen LogP contribution in [0.25, 0.3) is 10.8 Å². The quantitative estimate of drug-likeness (QED) is 0.493. The Labute approximate surface area is 111 Å². The molecule has 0 aliphatic rings. The zero-order chi connectivity index (χ0) is 13.1. The first-order chi connectivity index (χ1) is 9.38. The van der Waals surface area contributed by atoms with E-state index in [0.29, 0.717) is 0 Å². The molecule has 0 aliphatic heterocycles. The van der Waals surface area contributed by atoms with Gasteiger partial charge in [0, 0.05) is 12.4 Å². The molecule has 2 aromatic carbocycles. The van der Waals surface area contributed by atoms with E-state index in [0.717, 1.165) is 12.2 Å². The van der Waals surface area contributed by atoms with Gasteiger partial charge in [-0.05, 0) is 22.8 Å². The number of imidazole rings is 1. The minimum atomic E-state index is -0.0131. The summed E-state index contributed by atoms with van der Waals surface area (Å²) in [5.74, 6) is 6.50. The number of hydrogen-bond acceptors (Lipinski definition) is 3. The van der Waals surface area contributed by atoms with Crippen LogP contribution >= 0.6 is 0 Å². The van der Waals surface area contributed by atoms with E-state index in [4.69, 9.17) is 5.84 Å². The Bertz CT molecular complexity index is 655. The van der Waals surface area contributed by atoms with E-state index in [9.17, 15) is 0 Å². The Morgan fingerprint density at radius 1 is 1.16 bits per heavy atom. The predicted octanol–water partition coefficient (Wildman–Crippen LogP) is 2.31. The van der Waals surface area contributed by atoms with Crippen LogP contribution in [0.1, 0.15) is 17.4 Å². The van der Waals surface area contributed by atoms with Crippen molar-refractivity contribution in [2.75, 3.05) is 0 Å². The molecule has 1 unspecified atom stereocenters. The molecule has 96 valence electrons. The van der Waals surface area contributed by atoms with E-state index in [2.05, 4.69) is 57.9 Å². The fourth-order valence-electron chi connectivity index (χ4n) is 2.39. The van der Waals surface area contributed by atoms with Gasteiger partial charge >= 0.3 is 0 Å². The maximum Gasteiger partial charge on any atom is 0.124 e. The average molecular weight is 252 g/mol. The molecule has 19 heavy (non-hydrogen) atoms. The zero-order valence-corrected chi connectivity index (χ0v) is 10.5. The number of rotatable bonds is 4. The minimum absolute atomic E-state index is 0.0131. The summed E-state index contributed by atoms with van der Waals surface area (Å²) in [6.45, 7) is 0. The van der Waals surface area contributed by atoms with Crippen molar-refractivity contribution in [3.8, 4) is 0 Å². The number of nitrogens with one attached hydrogen (secondary N) is 2. The highest BCUT2D eigenvalue weighted by Crippen LogP contribution is 2.22. The van der Waals surface area contributed by atoms with Crippen LogP contribution in [0.3, 0.4) is 0 Å². The van der Waals surface area contributed by atoms with Gasteiger partial charge in [-0.2, -0.15) is 0 Å². The van der Waals surface area contributed by atoms with Gasteiger partial charge in [0.1, 0.15) is 5.82 Å². The molecule has 1 aromatic heterocycles. The fourth-order valence-corrected chi connectivity index (χ4v) is 2.39. The van der Waals surface area contributed by atoms with Crippen LogP contribution in [0.4, 0.5) is 0 Å². The van der Waals surface area contributed by atoms with Crippen molar-refractivity contribution >= 4 is 10.8 Å². The molecule has 4 nitrogen and oxygen atoms in total. The molecule has 3 rings (SSSR count). The number of nitrogens with zero attached hydrogens (tertiary/aromatic N) is 1. The first-order valence-corrected chi connectivity index (χ1v) is 6.30. The van der Waals surface area contributed by atoms with Crippen molar-refractivity contribution in [3.63, 3.8) is 0 Å². The van der Waals surface area contributed by atoms with Gasteiger partial charge in [0.05, 0.1) is 6.04 Å². The summed E-state index contributed by atoms with van der Waals surface area (Å²) in [5, 5.41) is 2.51. The molecule has 0 bridgehead atoms. The van der Waals surface area contributed by atoms with Crippen LogP contribution in [0, 0.1) is 0 Å². The van der Waals surface area contributed by atoms with Gasteiger partial charge in [-0.3, -0.25) is 5.84 Å². The standard InChI is InChI=1S/C15H16N4/c16-19-14(15-17-8-9-18-15)10-12-6-3-5-11-4-1-2-7-13(11)12/h1-9,14,19H,10,16H2,(H,17,18). The van der Waals surface area contributed by atoms with Gasteiger partial charge in [0.15, 0.2) is 0 Å². The summed E-state index contributed by atoms with van der Waals surface area (Å²) in [7, 11) is 0. The van der Waals surface area contributed by atoms with Crippen LogP contribution in [0.2, 0.25) is 0 Å². The van der Waals surface area contributed by atoms with Crippen molar-refractivity contribution in [1.82, 2.24) is 15.4 Å². The average Bonchev–Trinajstić information content (AvgIpc) is 2.99. The number of hydrazine groups is 1. The topological polar surface area (TPSA) is 66.7 Å². The normalized spacial score (nSPS) is 12.7. The number of hydrogen-bond donors (Lipinski definition) is 3. The van der Waals surface area contributed by atoms with Crippen molar-refractivity contribution in [3.05, 3.63) is 66.2 Å². The second-order valence-corrected chi connectivity index (χ2v) is 4.54. The monoisotopic (exact) mass is 252 g/mol. The van der Waals surface area contributed by atoms with E-state index in [1.165, 1.54) is 16.3 Å². The summed E-state index contributed by atoms with van der Waals surface area (Å²) in [5.41, 5.74) is 4.09. The Morgan fingerprint density at radius 2 is 2.00 bits per heavy atom. The number of H-pyrrole nitrogens is 1. The Balaban J connectivity index is 1.96. The lowest BCUT2D eigenvalue weighted by Gasteiger charge is -2.15. The number of aromatic nitrogens is 2. The smallest absolute Gasteiger partial charge is 0.124 e. The van der Waals surface area contributed by atoms with Crippen LogP contribution in [-0.2, 0) is 6.42 Å². The molecule has 3 aromatic rings. The molecule has 0 saturated carbocycles. The van der Waals surface area contributed by atoms with Gasteiger partial charge in [0.25, 0.3) is 0 Å². The van der Waals surface area contributed by atoms with Gasteiger partial charge in [-0.1, -0.05) is 42.5 Å². The molecule has 4 N–H and O–H groups in total. The molecule has 1 heterocycles. The third-order valence-electron chi connectivity index (χ3n) is 3.35. The highest BCUT2D eigenvalue weighted by molar-refractivity contribution is 5.85. The minimum Gasteiger partial charge on any atom is -0.347 e. The Hall–Kier alpha value is -2.17. The van der Waals surface area contributed by atoms with E-state index in [1.54, 1.807) is 6.20 Å². The first-order valence-electron chi connectivity index (χ1n) is 6.30. The van der Waals surface area contributed by atoms with E-state index in [1.807, 2.05) is 6.20 Å². The molecule has 0 fully saturated rings. The molecule has 1 atom stereocenters. The third-order valence-corrected chi connectivity index (χ3v) is 3.35. The number of fused-ring (bicyclic) bond motifs is 1. The SMILES string of the molecule is NNC(Cc1cccc2ccccc12)c1ncc[nH]1. The van der Waals surface area contributed by atoms with Crippen LogP contribution in [0.15, 0.2) is 54.9 Å². The zero-order valence-electron chi connectivity index (χ0n) is 10.5. The molecule has 0 saturated heterocycles. The van der Waals surface area contributed by atoms with E-state index < -0.39 is 0 Å². The molecule has 0 aliphatic carbocycles. The van der Waals surface area contributed by atoms with E-state index >= 15 is 0 Å². The third kappa shape index (κ3) is 2.36. The molecule has 0 amide bonds. The molecular weight excluding hydrogens is 236 g/mol. The Kier molecular flexibility index (Phi) is 3.27. The maximum atomic E-state index is 5.65. The van der Waals surface area contributed by atoms with Crippen LogP contribution in [0.5, 0.6) is 0 Å². The number of aromatic amines is 1. The van der Waals surface area contributed by atoms with Gasteiger partial charge in [-0.25, -0.2) is 10.4 Å². The van der Waals surface area contributed by atoms with Gasteiger partial charge in [-0.15, -0.1) is 0 Å². The maximum absolute atomic E-state index is 5.65. The molecular formula is C15H16N4.